The number of hydrogen-bond acceptors (Lipinski definition) is 5. The lowest BCUT2D eigenvalue weighted by molar-refractivity contribution is -0.191. The van der Waals surface area contributed by atoms with Gasteiger partial charge in [0.2, 0.25) is 0 Å². The van der Waals surface area contributed by atoms with E-state index in [2.05, 4.69) is 0 Å². The Morgan fingerprint density at radius 2 is 1.90 bits per heavy atom. The molecule has 0 amide bonds. The van der Waals surface area contributed by atoms with Crippen molar-refractivity contribution in [2.75, 3.05) is 13.2 Å². The van der Waals surface area contributed by atoms with Crippen LogP contribution in [-0.4, -0.2) is 34.0 Å². The van der Waals surface area contributed by atoms with Crippen LogP contribution in [0.3, 0.4) is 0 Å². The monoisotopic (exact) mass is 314 g/mol. The van der Waals surface area contributed by atoms with Crippen LogP contribution in [0.2, 0.25) is 0 Å². The number of aryl methyl sites for hydroxylation is 1. The van der Waals surface area contributed by atoms with Crippen LogP contribution in [0.4, 0.5) is 0 Å². The van der Waals surface area contributed by atoms with E-state index < -0.39 is 10.1 Å². The van der Waals surface area contributed by atoms with E-state index in [0.717, 1.165) is 24.8 Å². The van der Waals surface area contributed by atoms with Gasteiger partial charge >= 0.3 is 0 Å². The van der Waals surface area contributed by atoms with Crippen LogP contribution in [0.5, 0.6) is 0 Å². The van der Waals surface area contributed by atoms with Gasteiger partial charge in [0.25, 0.3) is 10.1 Å². The van der Waals surface area contributed by atoms with Crippen molar-refractivity contribution in [3.05, 3.63) is 29.8 Å². The number of benzene rings is 1. The highest BCUT2D eigenvalue weighted by atomic mass is 32.2. The highest BCUT2D eigenvalue weighted by molar-refractivity contribution is 7.86. The molecule has 1 heterocycles. The minimum absolute atomic E-state index is 0.00947. The summed E-state index contributed by atoms with van der Waals surface area (Å²) in [5.74, 6) is 0. The first kappa shape index (κ1) is 16.4. The molecule has 5 nitrogen and oxygen atoms in total. The lowest BCUT2D eigenvalue weighted by Crippen LogP contribution is -2.29. The summed E-state index contributed by atoms with van der Waals surface area (Å²) in [7, 11) is -3.71. The topological polar surface area (TPSA) is 61.8 Å². The third-order valence-corrected chi connectivity index (χ3v) is 4.70. The van der Waals surface area contributed by atoms with E-state index in [-0.39, 0.29) is 30.5 Å². The summed E-state index contributed by atoms with van der Waals surface area (Å²) in [6.07, 6.45) is 2.89. The fraction of sp³-hybridized carbons (Fsp3) is 0.600. The summed E-state index contributed by atoms with van der Waals surface area (Å²) >= 11 is 0. The smallest absolute Gasteiger partial charge is 0.297 e. The fourth-order valence-electron chi connectivity index (χ4n) is 2.19. The molecule has 0 spiro atoms. The van der Waals surface area contributed by atoms with Crippen LogP contribution in [0.25, 0.3) is 0 Å². The molecular weight excluding hydrogens is 292 g/mol. The molecule has 21 heavy (non-hydrogen) atoms. The molecular formula is C15H22O5S. The van der Waals surface area contributed by atoms with E-state index in [4.69, 9.17) is 13.7 Å². The van der Waals surface area contributed by atoms with Crippen molar-refractivity contribution in [1.82, 2.24) is 0 Å². The van der Waals surface area contributed by atoms with E-state index in [1.165, 1.54) is 12.1 Å². The standard InChI is InChI=1S/C15H22O5S/c1-12-6-8-14(9-7-12)21(16,17)19-11-10-18-15-5-3-4-13(2)20-15/h6-9,13,15H,3-5,10-11H2,1-2H3/t13-,15-/m0/s1. The summed E-state index contributed by atoms with van der Waals surface area (Å²) < 4.78 is 39.9. The molecule has 2 rings (SSSR count). The Hall–Kier alpha value is -0.950. The predicted molar refractivity (Wildman–Crippen MR) is 78.5 cm³/mol. The largest absolute Gasteiger partial charge is 0.350 e. The van der Waals surface area contributed by atoms with Crippen LogP contribution in [0, 0.1) is 6.92 Å². The van der Waals surface area contributed by atoms with Crippen LogP contribution >= 0.6 is 0 Å². The maximum absolute atomic E-state index is 11.9. The van der Waals surface area contributed by atoms with Crippen molar-refractivity contribution in [2.24, 2.45) is 0 Å². The molecule has 6 heteroatoms. The number of hydrogen-bond donors (Lipinski definition) is 0. The van der Waals surface area contributed by atoms with Crippen molar-refractivity contribution in [2.45, 2.75) is 50.4 Å². The zero-order chi connectivity index (χ0) is 15.3. The average Bonchev–Trinajstić information content (AvgIpc) is 2.44. The molecule has 118 valence electrons. The van der Waals surface area contributed by atoms with Crippen molar-refractivity contribution in [3.8, 4) is 0 Å². The number of rotatable bonds is 6. The van der Waals surface area contributed by atoms with Gasteiger partial charge in [0, 0.05) is 0 Å². The summed E-state index contributed by atoms with van der Waals surface area (Å²) in [5, 5.41) is 0. The van der Waals surface area contributed by atoms with Gasteiger partial charge in [0.1, 0.15) is 0 Å². The molecule has 0 bridgehead atoms. The predicted octanol–water partition coefficient (Wildman–Crippen LogP) is 2.63. The Morgan fingerprint density at radius 1 is 1.19 bits per heavy atom. The number of ether oxygens (including phenoxy) is 2. The maximum Gasteiger partial charge on any atom is 0.297 e. The van der Waals surface area contributed by atoms with Gasteiger partial charge in [-0.1, -0.05) is 17.7 Å². The SMILES string of the molecule is Cc1ccc(S(=O)(=O)OCCO[C@@H]2CCC[C@H](C)O2)cc1. The molecule has 1 aliphatic heterocycles. The van der Waals surface area contributed by atoms with E-state index in [1.54, 1.807) is 12.1 Å². The normalized spacial score (nSPS) is 23.1. The molecule has 0 N–H and O–H groups in total. The van der Waals surface area contributed by atoms with Crippen LogP contribution in [-0.2, 0) is 23.8 Å². The maximum atomic E-state index is 11.9. The van der Waals surface area contributed by atoms with Gasteiger partial charge in [-0.3, -0.25) is 4.18 Å². The molecule has 1 fully saturated rings. The second kappa shape index (κ2) is 7.35. The molecule has 1 aromatic carbocycles. The van der Waals surface area contributed by atoms with Gasteiger partial charge in [0.15, 0.2) is 6.29 Å². The zero-order valence-electron chi connectivity index (χ0n) is 12.4. The first-order valence-corrected chi connectivity index (χ1v) is 8.61. The Balaban J connectivity index is 1.76. The van der Waals surface area contributed by atoms with E-state index in [9.17, 15) is 8.42 Å². The Bertz CT molecular complexity index is 538. The summed E-state index contributed by atoms with van der Waals surface area (Å²) in [5.41, 5.74) is 1.00. The van der Waals surface area contributed by atoms with Crippen molar-refractivity contribution < 1.29 is 22.1 Å². The molecule has 1 aliphatic rings. The van der Waals surface area contributed by atoms with E-state index in [1.807, 2.05) is 13.8 Å². The fourth-order valence-corrected chi connectivity index (χ4v) is 3.08. The second-order valence-corrected chi connectivity index (χ2v) is 6.88. The molecule has 2 atom stereocenters. The highest BCUT2D eigenvalue weighted by Crippen LogP contribution is 2.19. The lowest BCUT2D eigenvalue weighted by atomic mass is 10.1. The van der Waals surface area contributed by atoms with Gasteiger partial charge < -0.3 is 9.47 Å². The Labute approximate surface area is 126 Å². The minimum atomic E-state index is -3.71. The molecule has 1 saturated heterocycles. The minimum Gasteiger partial charge on any atom is -0.350 e. The quantitative estimate of drug-likeness (QED) is 0.596. The van der Waals surface area contributed by atoms with Gasteiger partial charge in [-0.05, 0) is 45.2 Å². The van der Waals surface area contributed by atoms with Crippen LogP contribution in [0.15, 0.2) is 29.2 Å². The van der Waals surface area contributed by atoms with Crippen LogP contribution < -0.4 is 0 Å². The van der Waals surface area contributed by atoms with E-state index >= 15 is 0 Å². The third-order valence-electron chi connectivity index (χ3n) is 3.37. The second-order valence-electron chi connectivity index (χ2n) is 5.27. The average molecular weight is 314 g/mol. The van der Waals surface area contributed by atoms with Gasteiger partial charge in [0.05, 0.1) is 24.2 Å². The first-order chi connectivity index (χ1) is 9.97. The summed E-state index contributed by atoms with van der Waals surface area (Å²) in [4.78, 5) is 0.163. The highest BCUT2D eigenvalue weighted by Gasteiger charge is 2.20. The Morgan fingerprint density at radius 3 is 2.57 bits per heavy atom. The molecule has 0 saturated carbocycles. The Kier molecular flexibility index (Phi) is 5.75. The summed E-state index contributed by atoms with van der Waals surface area (Å²) in [6.45, 7) is 4.09. The zero-order valence-corrected chi connectivity index (χ0v) is 13.3. The van der Waals surface area contributed by atoms with Gasteiger partial charge in [-0.2, -0.15) is 8.42 Å². The van der Waals surface area contributed by atoms with Gasteiger partial charge in [-0.25, -0.2) is 0 Å². The van der Waals surface area contributed by atoms with Crippen molar-refractivity contribution in [3.63, 3.8) is 0 Å². The molecule has 0 unspecified atom stereocenters. The van der Waals surface area contributed by atoms with Crippen molar-refractivity contribution in [1.29, 1.82) is 0 Å². The molecule has 0 aromatic heterocycles. The molecule has 1 aromatic rings. The first-order valence-electron chi connectivity index (χ1n) is 7.20. The molecule has 0 radical (unpaired) electrons. The van der Waals surface area contributed by atoms with Gasteiger partial charge in [-0.15, -0.1) is 0 Å². The lowest BCUT2D eigenvalue weighted by Gasteiger charge is -2.27. The van der Waals surface area contributed by atoms with Crippen LogP contribution in [0.1, 0.15) is 31.7 Å². The van der Waals surface area contributed by atoms with Crippen molar-refractivity contribution >= 4 is 10.1 Å². The van der Waals surface area contributed by atoms with E-state index in [0.29, 0.717) is 0 Å². The molecule has 0 aliphatic carbocycles. The third kappa shape index (κ3) is 5.07. The summed E-state index contributed by atoms with van der Waals surface area (Å²) in [6, 6.07) is 6.56.